The van der Waals surface area contributed by atoms with E-state index in [1.165, 1.54) is 11.8 Å². The normalized spacial score (nSPS) is 15.0. The molecule has 0 amide bonds. The lowest BCUT2D eigenvalue weighted by Gasteiger charge is -2.22. The Balaban J connectivity index is 1.84. The maximum absolute atomic E-state index is 11.5. The molecular weight excluding hydrogens is 432 g/mol. The SMILES string of the molecule is CCOc1c(OC)cc(-c2nnc3n2N=C(c2ccccc2)C(CC(=O)O)S3)cc1OC. The minimum atomic E-state index is -0.902. The first-order chi connectivity index (χ1) is 15.5. The molecule has 0 saturated heterocycles. The van der Waals surface area contributed by atoms with Crippen LogP contribution in [0.1, 0.15) is 18.9 Å². The summed E-state index contributed by atoms with van der Waals surface area (Å²) in [6, 6.07) is 13.1. The van der Waals surface area contributed by atoms with E-state index in [9.17, 15) is 9.90 Å². The predicted octanol–water partition coefficient (Wildman–Crippen LogP) is 3.56. The van der Waals surface area contributed by atoms with Gasteiger partial charge in [0.25, 0.3) is 0 Å². The number of fused-ring (bicyclic) bond motifs is 1. The van der Waals surface area contributed by atoms with Gasteiger partial charge in [-0.25, -0.2) is 0 Å². The highest BCUT2D eigenvalue weighted by atomic mass is 32.2. The van der Waals surface area contributed by atoms with E-state index in [0.29, 0.717) is 46.1 Å². The number of aromatic nitrogens is 3. The summed E-state index contributed by atoms with van der Waals surface area (Å²) in [5.41, 5.74) is 2.17. The Bertz CT molecular complexity index is 1140. The number of nitrogens with zero attached hydrogens (tertiary/aromatic N) is 4. The highest BCUT2D eigenvalue weighted by Gasteiger charge is 2.31. The molecule has 4 rings (SSSR count). The Kier molecular flexibility index (Phi) is 6.31. The Morgan fingerprint density at radius 1 is 1.09 bits per heavy atom. The van der Waals surface area contributed by atoms with Crippen molar-refractivity contribution in [2.24, 2.45) is 5.10 Å². The largest absolute Gasteiger partial charge is 0.493 e. The van der Waals surface area contributed by atoms with Crippen molar-refractivity contribution < 1.29 is 24.1 Å². The molecule has 0 radical (unpaired) electrons. The van der Waals surface area contributed by atoms with Crippen LogP contribution in [0.25, 0.3) is 11.4 Å². The highest BCUT2D eigenvalue weighted by Crippen LogP contribution is 2.42. The smallest absolute Gasteiger partial charge is 0.304 e. The molecule has 32 heavy (non-hydrogen) atoms. The summed E-state index contributed by atoms with van der Waals surface area (Å²) in [7, 11) is 3.11. The number of carbonyl (C=O) groups is 1. The van der Waals surface area contributed by atoms with Crippen LogP contribution in [-0.4, -0.2) is 57.7 Å². The summed E-state index contributed by atoms with van der Waals surface area (Å²) in [6.45, 7) is 2.34. The summed E-state index contributed by atoms with van der Waals surface area (Å²) in [5, 5.41) is 22.9. The first kappa shape index (κ1) is 21.7. The van der Waals surface area contributed by atoms with Gasteiger partial charge in [0.05, 0.1) is 38.2 Å². The van der Waals surface area contributed by atoms with Gasteiger partial charge in [0.15, 0.2) is 17.3 Å². The van der Waals surface area contributed by atoms with Gasteiger partial charge in [-0.1, -0.05) is 42.1 Å². The third-order valence-electron chi connectivity index (χ3n) is 4.81. The second-order valence-corrected chi connectivity index (χ2v) is 7.99. The minimum absolute atomic E-state index is 0.0781. The first-order valence-corrected chi connectivity index (χ1v) is 10.8. The van der Waals surface area contributed by atoms with Gasteiger partial charge in [-0.3, -0.25) is 4.79 Å². The van der Waals surface area contributed by atoms with Crippen molar-refractivity contribution >= 4 is 23.4 Å². The number of ether oxygens (including phenoxy) is 3. The van der Waals surface area contributed by atoms with Crippen LogP contribution < -0.4 is 14.2 Å². The molecule has 0 spiro atoms. The maximum Gasteiger partial charge on any atom is 0.304 e. The third-order valence-corrected chi connectivity index (χ3v) is 5.95. The monoisotopic (exact) mass is 454 g/mol. The lowest BCUT2D eigenvalue weighted by atomic mass is 10.1. The van der Waals surface area contributed by atoms with Gasteiger partial charge >= 0.3 is 5.97 Å². The van der Waals surface area contributed by atoms with E-state index in [0.717, 1.165) is 5.56 Å². The van der Waals surface area contributed by atoms with E-state index >= 15 is 0 Å². The van der Waals surface area contributed by atoms with Crippen LogP contribution in [0.3, 0.4) is 0 Å². The lowest BCUT2D eigenvalue weighted by molar-refractivity contribution is -0.136. The van der Waals surface area contributed by atoms with Crippen molar-refractivity contribution in [1.29, 1.82) is 0 Å². The molecule has 1 unspecified atom stereocenters. The van der Waals surface area contributed by atoms with Gasteiger partial charge in [-0.2, -0.15) is 9.78 Å². The summed E-state index contributed by atoms with van der Waals surface area (Å²) in [6.07, 6.45) is -0.0781. The van der Waals surface area contributed by atoms with Crippen LogP contribution in [-0.2, 0) is 4.79 Å². The van der Waals surface area contributed by atoms with Crippen LogP contribution in [0.4, 0.5) is 0 Å². The molecule has 3 aromatic rings. The molecule has 0 bridgehead atoms. The molecule has 0 aliphatic carbocycles. The van der Waals surface area contributed by atoms with Crippen LogP contribution in [0.15, 0.2) is 52.7 Å². The molecule has 2 heterocycles. The van der Waals surface area contributed by atoms with Crippen molar-refractivity contribution in [1.82, 2.24) is 14.9 Å². The Labute approximate surface area is 189 Å². The van der Waals surface area contributed by atoms with Gasteiger partial charge in [-0.05, 0) is 24.6 Å². The number of methoxy groups -OCH3 is 2. The van der Waals surface area contributed by atoms with Crippen molar-refractivity contribution in [3.05, 3.63) is 48.0 Å². The number of carboxylic acids is 1. The number of thioether (sulfide) groups is 1. The predicted molar refractivity (Wildman–Crippen MR) is 120 cm³/mol. The number of benzene rings is 2. The quantitative estimate of drug-likeness (QED) is 0.550. The van der Waals surface area contributed by atoms with Crippen molar-refractivity contribution in [2.75, 3.05) is 20.8 Å². The van der Waals surface area contributed by atoms with Crippen molar-refractivity contribution in [3.8, 4) is 28.6 Å². The standard InChI is InChI=1S/C22H22N4O5S/c1-4-31-20-15(29-2)10-14(11-16(20)30-3)21-23-24-22-26(21)25-19(13-8-6-5-7-9-13)17(32-22)12-18(27)28/h5-11,17H,4,12H2,1-3H3,(H,27,28). The minimum Gasteiger partial charge on any atom is -0.493 e. The van der Waals surface area contributed by atoms with E-state index in [4.69, 9.17) is 19.3 Å². The highest BCUT2D eigenvalue weighted by molar-refractivity contribution is 8.00. The molecule has 0 saturated carbocycles. The second kappa shape index (κ2) is 9.31. The third kappa shape index (κ3) is 4.13. The second-order valence-electron chi connectivity index (χ2n) is 6.82. The fourth-order valence-corrected chi connectivity index (χ4v) is 4.50. The Hall–Kier alpha value is -3.53. The lowest BCUT2D eigenvalue weighted by Crippen LogP contribution is -2.27. The molecule has 1 aliphatic heterocycles. The zero-order valence-corrected chi connectivity index (χ0v) is 18.6. The van der Waals surface area contributed by atoms with Crippen LogP contribution in [0, 0.1) is 0 Å². The van der Waals surface area contributed by atoms with Gasteiger partial charge in [0, 0.05) is 5.56 Å². The molecule has 166 valence electrons. The van der Waals surface area contributed by atoms with E-state index in [1.807, 2.05) is 37.3 Å². The molecule has 1 atom stereocenters. The van der Waals surface area contributed by atoms with E-state index in [-0.39, 0.29) is 11.7 Å². The molecule has 1 aliphatic rings. The number of aliphatic carboxylic acids is 1. The van der Waals surface area contributed by atoms with Crippen LogP contribution in [0.5, 0.6) is 17.2 Å². The van der Waals surface area contributed by atoms with Crippen LogP contribution in [0.2, 0.25) is 0 Å². The van der Waals surface area contributed by atoms with Gasteiger partial charge in [0.1, 0.15) is 0 Å². The number of hydrogen-bond acceptors (Lipinski definition) is 8. The van der Waals surface area contributed by atoms with Gasteiger partial charge in [-0.15, -0.1) is 10.2 Å². The summed E-state index contributed by atoms with van der Waals surface area (Å²) >= 11 is 1.33. The zero-order valence-electron chi connectivity index (χ0n) is 17.8. The van der Waals surface area contributed by atoms with Crippen molar-refractivity contribution in [3.63, 3.8) is 0 Å². The molecule has 9 nitrogen and oxygen atoms in total. The van der Waals surface area contributed by atoms with Crippen LogP contribution >= 0.6 is 11.8 Å². The molecule has 10 heteroatoms. The Morgan fingerprint density at radius 2 is 1.78 bits per heavy atom. The summed E-state index contributed by atoms with van der Waals surface area (Å²) < 4.78 is 18.3. The fourth-order valence-electron chi connectivity index (χ4n) is 3.41. The van der Waals surface area contributed by atoms with Gasteiger partial charge < -0.3 is 19.3 Å². The zero-order chi connectivity index (χ0) is 22.7. The fraction of sp³-hybridized carbons (Fsp3) is 0.273. The number of hydrogen-bond donors (Lipinski definition) is 1. The average Bonchev–Trinajstić information content (AvgIpc) is 3.21. The van der Waals surface area contributed by atoms with Crippen molar-refractivity contribution in [2.45, 2.75) is 23.8 Å². The summed E-state index contributed by atoms with van der Waals surface area (Å²) in [5.74, 6) is 1.08. The Morgan fingerprint density at radius 3 is 2.38 bits per heavy atom. The number of rotatable bonds is 8. The molecule has 1 aromatic heterocycles. The first-order valence-electron chi connectivity index (χ1n) is 9.93. The molecular formula is C22H22N4O5S. The number of carboxylic acid groups (broad SMARTS) is 1. The molecule has 2 aromatic carbocycles. The van der Waals surface area contributed by atoms with Gasteiger partial charge in [0.2, 0.25) is 10.9 Å². The van der Waals surface area contributed by atoms with E-state index in [2.05, 4.69) is 10.2 Å². The molecule has 1 N–H and O–H groups in total. The van der Waals surface area contributed by atoms with E-state index in [1.54, 1.807) is 31.0 Å². The average molecular weight is 455 g/mol. The summed E-state index contributed by atoms with van der Waals surface area (Å²) in [4.78, 5) is 11.5. The van der Waals surface area contributed by atoms with E-state index < -0.39 is 5.97 Å². The molecule has 0 fully saturated rings. The maximum atomic E-state index is 11.5. The topological polar surface area (TPSA) is 108 Å².